The molecule has 3 aromatic rings. The van der Waals surface area contributed by atoms with Gasteiger partial charge in [0.15, 0.2) is 5.82 Å². The lowest BCUT2D eigenvalue weighted by atomic mass is 10.3. The van der Waals surface area contributed by atoms with E-state index in [9.17, 15) is 9.59 Å². The van der Waals surface area contributed by atoms with Crippen molar-refractivity contribution in [1.82, 2.24) is 14.7 Å². The minimum Gasteiger partial charge on any atom is -0.360 e. The largest absolute Gasteiger partial charge is 0.360 e. The number of nitrogens with zero attached hydrogens (tertiary/aromatic N) is 2. The second-order valence-electron chi connectivity index (χ2n) is 4.18. The van der Waals surface area contributed by atoms with Gasteiger partial charge in [0.25, 0.3) is 5.56 Å². The first kappa shape index (κ1) is 11.9. The zero-order valence-corrected chi connectivity index (χ0v) is 11.2. The van der Waals surface area contributed by atoms with Gasteiger partial charge in [-0.15, -0.1) is 11.3 Å². The van der Waals surface area contributed by atoms with Gasteiger partial charge in [0.2, 0.25) is 0 Å². The summed E-state index contributed by atoms with van der Waals surface area (Å²) in [7, 11) is 0. The molecule has 0 aromatic carbocycles. The van der Waals surface area contributed by atoms with Crippen LogP contribution in [0.2, 0.25) is 0 Å². The van der Waals surface area contributed by atoms with Gasteiger partial charge in [0.1, 0.15) is 10.6 Å². The van der Waals surface area contributed by atoms with Gasteiger partial charge in [-0.25, -0.2) is 9.36 Å². The van der Waals surface area contributed by atoms with Crippen LogP contribution in [0.15, 0.2) is 26.2 Å². The molecule has 0 aliphatic rings. The molecule has 3 aromatic heterocycles. The minimum absolute atomic E-state index is 0.204. The van der Waals surface area contributed by atoms with Crippen LogP contribution >= 0.6 is 11.3 Å². The van der Waals surface area contributed by atoms with Gasteiger partial charge in [0, 0.05) is 10.9 Å². The van der Waals surface area contributed by atoms with Crippen molar-refractivity contribution in [2.75, 3.05) is 0 Å². The van der Waals surface area contributed by atoms with E-state index in [2.05, 4.69) is 10.1 Å². The minimum atomic E-state index is -0.504. The normalized spacial score (nSPS) is 11.3. The Bertz CT molecular complexity index is 868. The van der Waals surface area contributed by atoms with Crippen LogP contribution in [0.5, 0.6) is 0 Å². The number of aromatic amines is 1. The number of rotatable bonds is 2. The van der Waals surface area contributed by atoms with Crippen molar-refractivity contribution in [3.05, 3.63) is 43.6 Å². The number of aromatic nitrogens is 3. The number of nitrogens with one attached hydrogen (secondary N) is 1. The molecule has 0 atom stereocenters. The van der Waals surface area contributed by atoms with Gasteiger partial charge in [-0.2, -0.15) is 0 Å². The first-order valence-corrected chi connectivity index (χ1v) is 6.63. The van der Waals surface area contributed by atoms with Gasteiger partial charge in [-0.1, -0.05) is 12.1 Å². The number of fused-ring (bicyclic) bond motifs is 1. The number of hydrogen-bond acceptors (Lipinski definition) is 5. The molecule has 0 aliphatic heterocycles. The summed E-state index contributed by atoms with van der Waals surface area (Å²) in [6, 6.07) is 3.36. The summed E-state index contributed by atoms with van der Waals surface area (Å²) in [5, 5.41) is 4.21. The van der Waals surface area contributed by atoms with Crippen molar-refractivity contribution in [3.63, 3.8) is 0 Å². The summed E-state index contributed by atoms with van der Waals surface area (Å²) in [5.74, 6) is 0.746. The fourth-order valence-corrected chi connectivity index (χ4v) is 2.88. The third-order valence-electron chi connectivity index (χ3n) is 2.83. The molecule has 7 heteroatoms. The van der Waals surface area contributed by atoms with Crippen LogP contribution in [0.4, 0.5) is 0 Å². The first-order valence-electron chi connectivity index (χ1n) is 5.81. The highest BCUT2D eigenvalue weighted by Crippen LogP contribution is 2.20. The van der Waals surface area contributed by atoms with Crippen LogP contribution < -0.4 is 11.2 Å². The summed E-state index contributed by atoms with van der Waals surface area (Å²) in [5.41, 5.74) is -0.877. The monoisotopic (exact) mass is 277 g/mol. The number of thiophene rings is 1. The average molecular weight is 277 g/mol. The molecule has 3 heterocycles. The number of H-pyrrole nitrogens is 1. The maximum atomic E-state index is 12.4. The molecule has 0 fully saturated rings. The number of aryl methyl sites for hydroxylation is 2. The molecule has 0 saturated heterocycles. The van der Waals surface area contributed by atoms with E-state index in [1.807, 2.05) is 13.0 Å². The quantitative estimate of drug-likeness (QED) is 0.771. The fraction of sp³-hybridized carbons (Fsp3) is 0.250. The molecule has 0 bridgehead atoms. The Kier molecular flexibility index (Phi) is 2.63. The van der Waals surface area contributed by atoms with Crippen LogP contribution in [-0.2, 0) is 6.42 Å². The summed E-state index contributed by atoms with van der Waals surface area (Å²) >= 11 is 1.42. The lowest BCUT2D eigenvalue weighted by Crippen LogP contribution is -2.33. The molecule has 0 amide bonds. The van der Waals surface area contributed by atoms with Crippen molar-refractivity contribution in [2.45, 2.75) is 20.3 Å². The standard InChI is InChI=1S/C12H11N3O3S/c1-3-7-5-8-10(19-7)13-12(17)15(11(8)16)9-4-6(2)18-14-9/h4-5H,3H2,1-2H3,(H,13,17). The Hall–Kier alpha value is -2.15. The highest BCUT2D eigenvalue weighted by Gasteiger charge is 2.14. The van der Waals surface area contributed by atoms with Gasteiger partial charge >= 0.3 is 5.69 Å². The van der Waals surface area contributed by atoms with Gasteiger partial charge < -0.3 is 4.52 Å². The number of hydrogen-bond donors (Lipinski definition) is 1. The van der Waals surface area contributed by atoms with E-state index >= 15 is 0 Å². The third kappa shape index (κ3) is 1.82. The Labute approximate surface area is 111 Å². The van der Waals surface area contributed by atoms with E-state index in [1.165, 1.54) is 11.3 Å². The summed E-state index contributed by atoms with van der Waals surface area (Å²) in [6.45, 7) is 3.70. The molecular formula is C12H11N3O3S. The predicted molar refractivity (Wildman–Crippen MR) is 72.2 cm³/mol. The molecule has 0 spiro atoms. The molecule has 0 radical (unpaired) electrons. The molecule has 0 unspecified atom stereocenters. The maximum absolute atomic E-state index is 12.4. The third-order valence-corrected chi connectivity index (χ3v) is 4.03. The molecular weight excluding hydrogens is 266 g/mol. The van der Waals surface area contributed by atoms with E-state index in [4.69, 9.17) is 4.52 Å². The average Bonchev–Trinajstić information content (AvgIpc) is 2.95. The summed E-state index contributed by atoms with van der Waals surface area (Å²) < 4.78 is 5.90. The van der Waals surface area contributed by atoms with Crippen LogP contribution in [0.3, 0.4) is 0 Å². The lowest BCUT2D eigenvalue weighted by Gasteiger charge is -1.98. The van der Waals surface area contributed by atoms with Crippen LogP contribution in [0.25, 0.3) is 16.0 Å². The molecule has 3 rings (SSSR count). The maximum Gasteiger partial charge on any atom is 0.335 e. The predicted octanol–water partition coefficient (Wildman–Crippen LogP) is 1.60. The topological polar surface area (TPSA) is 80.9 Å². The van der Waals surface area contributed by atoms with Gasteiger partial charge in [-0.05, 0) is 19.4 Å². The Morgan fingerprint density at radius 2 is 2.21 bits per heavy atom. The zero-order chi connectivity index (χ0) is 13.6. The van der Waals surface area contributed by atoms with Crippen molar-refractivity contribution in [1.29, 1.82) is 0 Å². The second-order valence-corrected chi connectivity index (χ2v) is 5.31. The van der Waals surface area contributed by atoms with E-state index in [-0.39, 0.29) is 11.4 Å². The molecule has 19 heavy (non-hydrogen) atoms. The van der Waals surface area contributed by atoms with E-state index in [1.54, 1.807) is 13.0 Å². The lowest BCUT2D eigenvalue weighted by molar-refractivity contribution is 0.394. The highest BCUT2D eigenvalue weighted by molar-refractivity contribution is 7.18. The van der Waals surface area contributed by atoms with E-state index < -0.39 is 5.69 Å². The highest BCUT2D eigenvalue weighted by atomic mass is 32.1. The van der Waals surface area contributed by atoms with Crippen molar-refractivity contribution >= 4 is 21.6 Å². The SMILES string of the molecule is CCc1cc2c(=O)n(-c3cc(C)on3)c(=O)[nH]c2s1. The van der Waals surface area contributed by atoms with Crippen LogP contribution in [-0.4, -0.2) is 14.7 Å². The molecule has 6 nitrogen and oxygen atoms in total. The Morgan fingerprint density at radius 1 is 1.42 bits per heavy atom. The smallest absolute Gasteiger partial charge is 0.335 e. The van der Waals surface area contributed by atoms with Crippen molar-refractivity contribution in [2.24, 2.45) is 0 Å². The van der Waals surface area contributed by atoms with Crippen LogP contribution in [0.1, 0.15) is 17.6 Å². The summed E-state index contributed by atoms with van der Waals surface area (Å²) in [6.07, 6.45) is 0.823. The first-order chi connectivity index (χ1) is 9.10. The molecule has 98 valence electrons. The van der Waals surface area contributed by atoms with Crippen molar-refractivity contribution in [3.8, 4) is 5.82 Å². The zero-order valence-electron chi connectivity index (χ0n) is 10.4. The van der Waals surface area contributed by atoms with E-state index in [0.29, 0.717) is 16.0 Å². The second kappa shape index (κ2) is 4.20. The Morgan fingerprint density at radius 3 is 2.84 bits per heavy atom. The Balaban J connectivity index is 2.37. The van der Waals surface area contributed by atoms with Gasteiger partial charge in [-0.3, -0.25) is 9.78 Å². The van der Waals surface area contributed by atoms with Crippen LogP contribution in [0, 0.1) is 6.92 Å². The van der Waals surface area contributed by atoms with E-state index in [0.717, 1.165) is 15.9 Å². The molecule has 0 saturated carbocycles. The molecule has 1 N–H and O–H groups in total. The van der Waals surface area contributed by atoms with Gasteiger partial charge in [0.05, 0.1) is 5.39 Å². The van der Waals surface area contributed by atoms with Crippen molar-refractivity contribution < 1.29 is 4.52 Å². The fourth-order valence-electron chi connectivity index (χ4n) is 1.90. The summed E-state index contributed by atoms with van der Waals surface area (Å²) in [4.78, 5) is 28.7. The molecule has 0 aliphatic carbocycles.